The highest BCUT2D eigenvalue weighted by atomic mass is 14.2. The lowest BCUT2D eigenvalue weighted by molar-refractivity contribution is 1.23. The minimum Gasteiger partial charge on any atom is -0.0988 e. The van der Waals surface area contributed by atoms with E-state index in [2.05, 4.69) is 340 Å². The van der Waals surface area contributed by atoms with Crippen molar-refractivity contribution in [3.63, 3.8) is 0 Å². The molecule has 0 unspecified atom stereocenters. The lowest BCUT2D eigenvalue weighted by atomic mass is 9.98. The van der Waals surface area contributed by atoms with Crippen LogP contribution in [-0.2, 0) is 6.42 Å². The fourth-order valence-electron chi connectivity index (χ4n) is 10.5. The molecule has 0 atom stereocenters. The van der Waals surface area contributed by atoms with E-state index >= 15 is 0 Å². The van der Waals surface area contributed by atoms with Gasteiger partial charge in [0.25, 0.3) is 0 Å². The first-order valence-corrected chi connectivity index (χ1v) is 28.5. The lowest BCUT2D eigenvalue weighted by Gasteiger charge is -2.07. The molecule has 0 saturated carbocycles. The summed E-state index contributed by atoms with van der Waals surface area (Å²) in [5.74, 6) is 0. The molecule has 0 fully saturated rings. The summed E-state index contributed by atoms with van der Waals surface area (Å²) in [6.07, 6.45) is 3.04. The Kier molecular flexibility index (Phi) is 19.5. The van der Waals surface area contributed by atoms with Crippen LogP contribution in [0, 0.1) is 41.5 Å². The van der Waals surface area contributed by atoms with E-state index in [0.29, 0.717) is 0 Å². The molecule has 0 heteroatoms. The Morgan fingerprint density at radius 1 is 0.268 bits per heavy atom. The maximum absolute atomic E-state index is 3.84. The second kappa shape index (κ2) is 28.0. The van der Waals surface area contributed by atoms with Crippen LogP contribution in [0.4, 0.5) is 0 Å². The van der Waals surface area contributed by atoms with Crippen LogP contribution in [0.2, 0.25) is 0 Å². The molecule has 402 valence electrons. The minimum atomic E-state index is 1.06. The van der Waals surface area contributed by atoms with Crippen molar-refractivity contribution in [2.45, 2.75) is 54.9 Å². The van der Waals surface area contributed by atoms with Crippen LogP contribution >= 0.6 is 0 Å². The summed E-state index contributed by atoms with van der Waals surface area (Å²) in [5.41, 5.74) is 21.3. The van der Waals surface area contributed by atoms with Gasteiger partial charge in [-0.1, -0.05) is 320 Å². The first kappa shape index (κ1) is 57.1. The SMILES string of the molecule is C=CC1=C(C)c2ccc(C)cc2C1.Cc1ccc(-c2ccc3ccccc3c2)cc1.Cc1ccc(-c2cccc3ccccc23)cc1.Cc1ccc2ccccc2c1.Cc1cccc2ccccc12.Cc1ccccc1-c1ccccc1. The molecule has 0 spiro atoms. The van der Waals surface area contributed by atoms with E-state index in [-0.39, 0.29) is 0 Å². The molecule has 82 heavy (non-hydrogen) atoms. The molecule has 0 saturated heterocycles. The normalized spacial score (nSPS) is 11.1. The molecule has 0 N–H and O–H groups in total. The zero-order chi connectivity index (χ0) is 57.2. The molecule has 1 aliphatic rings. The van der Waals surface area contributed by atoms with Crippen LogP contribution in [0.5, 0.6) is 0 Å². The van der Waals surface area contributed by atoms with Crippen LogP contribution in [0.25, 0.3) is 82.0 Å². The third-order valence-corrected chi connectivity index (χ3v) is 15.2. The largest absolute Gasteiger partial charge is 0.0988 e. The van der Waals surface area contributed by atoms with Gasteiger partial charge in [-0.2, -0.15) is 0 Å². The number of aryl methyl sites for hydroxylation is 6. The highest BCUT2D eigenvalue weighted by molar-refractivity contribution is 5.96. The monoisotopic (exact) mass is 1060 g/mol. The third kappa shape index (κ3) is 15.0. The average Bonchev–Trinajstić information content (AvgIpc) is 3.85. The zero-order valence-electron chi connectivity index (χ0n) is 48.7. The number of rotatable bonds is 4. The van der Waals surface area contributed by atoms with Gasteiger partial charge in [-0.3, -0.25) is 0 Å². The molecule has 14 rings (SSSR count). The van der Waals surface area contributed by atoms with E-state index in [1.807, 2.05) is 12.1 Å². The summed E-state index contributed by atoms with van der Waals surface area (Å²) in [5, 5.41) is 10.5. The van der Waals surface area contributed by atoms with E-state index in [0.717, 1.165) is 6.42 Å². The van der Waals surface area contributed by atoms with E-state index in [9.17, 15) is 0 Å². The quantitative estimate of drug-likeness (QED) is 0.165. The summed E-state index contributed by atoms with van der Waals surface area (Å²) in [6.45, 7) is 18.8. The third-order valence-electron chi connectivity index (χ3n) is 15.2. The van der Waals surface area contributed by atoms with Crippen LogP contribution in [0.3, 0.4) is 0 Å². The maximum atomic E-state index is 3.84. The molecule has 13 aromatic rings. The predicted molar refractivity (Wildman–Crippen MR) is 360 cm³/mol. The Morgan fingerprint density at radius 2 is 0.695 bits per heavy atom. The van der Waals surface area contributed by atoms with Crippen molar-refractivity contribution in [1.82, 2.24) is 0 Å². The molecule has 0 radical (unpaired) electrons. The number of hydrogen-bond acceptors (Lipinski definition) is 0. The second-order valence-corrected chi connectivity index (χ2v) is 21.3. The van der Waals surface area contributed by atoms with Crippen molar-refractivity contribution in [3.05, 3.63) is 354 Å². The number of allylic oxidation sites excluding steroid dienone is 3. The summed E-state index contributed by atoms with van der Waals surface area (Å²) in [7, 11) is 0. The first-order chi connectivity index (χ1) is 40.0. The van der Waals surface area contributed by atoms with Crippen LogP contribution < -0.4 is 0 Å². The van der Waals surface area contributed by atoms with Gasteiger partial charge in [0.05, 0.1) is 0 Å². The molecule has 13 aromatic carbocycles. The number of fused-ring (bicyclic) bond motifs is 5. The van der Waals surface area contributed by atoms with Crippen molar-refractivity contribution in [1.29, 1.82) is 0 Å². The van der Waals surface area contributed by atoms with Gasteiger partial charge in [0.1, 0.15) is 0 Å². The molecule has 0 nitrogen and oxygen atoms in total. The average molecular weight is 1060 g/mol. The van der Waals surface area contributed by atoms with Gasteiger partial charge < -0.3 is 0 Å². The highest BCUT2D eigenvalue weighted by Gasteiger charge is 2.15. The Hall–Kier alpha value is -9.62. The van der Waals surface area contributed by atoms with Gasteiger partial charge in [0.2, 0.25) is 0 Å². The summed E-state index contributed by atoms with van der Waals surface area (Å²) < 4.78 is 0. The first-order valence-electron chi connectivity index (χ1n) is 28.5. The Labute approximate surface area is 488 Å². The maximum Gasteiger partial charge on any atom is -0.00170 e. The molecular weight excluding hydrogens is 985 g/mol. The summed E-state index contributed by atoms with van der Waals surface area (Å²) in [6, 6.07) is 103. The molecule has 0 amide bonds. The Balaban J connectivity index is 0.000000120. The van der Waals surface area contributed by atoms with Crippen molar-refractivity contribution >= 4 is 48.7 Å². The van der Waals surface area contributed by atoms with Gasteiger partial charge in [-0.25, -0.2) is 0 Å². The summed E-state index contributed by atoms with van der Waals surface area (Å²) >= 11 is 0. The van der Waals surface area contributed by atoms with Gasteiger partial charge in [0.15, 0.2) is 0 Å². The van der Waals surface area contributed by atoms with E-state index in [1.54, 1.807) is 0 Å². The van der Waals surface area contributed by atoms with Gasteiger partial charge in [-0.05, 0) is 171 Å². The highest BCUT2D eigenvalue weighted by Crippen LogP contribution is 2.34. The standard InChI is InChI=1S/2C17H14.C13H14.C13H12.2C11H10/c1-13-9-11-15(12-10-13)17-8-4-6-14-5-2-3-7-16(14)17;1-13-6-8-15(9-7-13)17-11-10-14-4-2-3-5-16(14)12-17;1-4-11-8-12-7-9(2)5-6-13(12)10(11)3;1-11-7-5-6-10-13(11)12-8-3-2-4-9-12;1-9-5-4-7-10-6-2-3-8-11(9)10;1-9-6-7-10-4-2-3-5-11(10)8-9/h2*2-12H,1H3;4-7H,1,8H2,2-3H3;2-10H,1H3;2*2-8H,1H3. The number of hydrogen-bond donors (Lipinski definition) is 0. The molecule has 0 heterocycles. The Morgan fingerprint density at radius 3 is 1.33 bits per heavy atom. The predicted octanol–water partition coefficient (Wildman–Crippen LogP) is 23.1. The lowest BCUT2D eigenvalue weighted by Crippen LogP contribution is -1.84. The van der Waals surface area contributed by atoms with Gasteiger partial charge in [-0.15, -0.1) is 0 Å². The second-order valence-electron chi connectivity index (χ2n) is 21.3. The van der Waals surface area contributed by atoms with Crippen LogP contribution in [0.1, 0.15) is 51.4 Å². The molecule has 0 bridgehead atoms. The van der Waals surface area contributed by atoms with Crippen LogP contribution in [0.15, 0.2) is 309 Å². The van der Waals surface area contributed by atoms with Gasteiger partial charge in [0, 0.05) is 0 Å². The minimum absolute atomic E-state index is 1.06. The summed E-state index contributed by atoms with van der Waals surface area (Å²) in [4.78, 5) is 0. The fourth-order valence-corrected chi connectivity index (χ4v) is 10.5. The van der Waals surface area contributed by atoms with Gasteiger partial charge >= 0.3 is 0 Å². The van der Waals surface area contributed by atoms with E-state index < -0.39 is 0 Å². The molecular formula is C82H74. The van der Waals surface area contributed by atoms with Crippen molar-refractivity contribution in [2.24, 2.45) is 0 Å². The van der Waals surface area contributed by atoms with E-state index in [1.165, 1.54) is 132 Å². The molecule has 1 aliphatic carbocycles. The van der Waals surface area contributed by atoms with Crippen molar-refractivity contribution in [2.75, 3.05) is 0 Å². The zero-order valence-corrected chi connectivity index (χ0v) is 48.7. The van der Waals surface area contributed by atoms with Crippen molar-refractivity contribution in [3.8, 4) is 33.4 Å². The van der Waals surface area contributed by atoms with Crippen molar-refractivity contribution < 1.29 is 0 Å². The molecule has 0 aliphatic heterocycles. The fraction of sp³-hybridized carbons (Fsp3) is 0.0976. The van der Waals surface area contributed by atoms with E-state index in [4.69, 9.17) is 0 Å². The smallest absolute Gasteiger partial charge is 0.00170 e. The van der Waals surface area contributed by atoms with Crippen LogP contribution in [-0.4, -0.2) is 0 Å². The number of benzene rings is 13. The Bertz CT molecular complexity index is 4230. The molecule has 0 aromatic heterocycles. The topological polar surface area (TPSA) is 0 Å².